The molecule has 0 atom stereocenters. The Morgan fingerprint density at radius 2 is 1.90 bits per heavy atom. The van der Waals surface area contributed by atoms with Gasteiger partial charge in [-0.15, -0.1) is 0 Å². The van der Waals surface area contributed by atoms with Crippen molar-refractivity contribution >= 4 is 10.0 Å². The minimum atomic E-state index is -3.97. The number of hydrogen-bond donors (Lipinski definition) is 0. The van der Waals surface area contributed by atoms with Gasteiger partial charge in [-0.25, -0.2) is 17.8 Å². The molecule has 0 aromatic carbocycles. The van der Waals surface area contributed by atoms with Crippen LogP contribution >= 0.6 is 0 Å². The highest BCUT2D eigenvalue weighted by Crippen LogP contribution is 2.18. The summed E-state index contributed by atoms with van der Waals surface area (Å²) in [6, 6.07) is 7.65. The van der Waals surface area contributed by atoms with Crippen LogP contribution in [0.4, 0.5) is 4.39 Å². The van der Waals surface area contributed by atoms with E-state index in [-0.39, 0.29) is 13.1 Å². The van der Waals surface area contributed by atoms with Crippen LogP contribution in [0.25, 0.3) is 0 Å². The first kappa shape index (κ1) is 14.5. The second-order valence-corrected chi connectivity index (χ2v) is 5.90. The summed E-state index contributed by atoms with van der Waals surface area (Å²) in [6.07, 6.45) is 2.84. The van der Waals surface area contributed by atoms with Gasteiger partial charge >= 0.3 is 0 Å². The summed E-state index contributed by atoms with van der Waals surface area (Å²) in [5, 5.41) is -0.558. The number of pyridine rings is 2. The van der Waals surface area contributed by atoms with E-state index < -0.39 is 20.9 Å². The summed E-state index contributed by atoms with van der Waals surface area (Å²) in [6.45, 7) is 1.96. The highest BCUT2D eigenvalue weighted by molar-refractivity contribution is 7.89. The molecular formula is C13H14FN3O2S. The Hall–Kier alpha value is -1.86. The molecule has 0 aliphatic heterocycles. The van der Waals surface area contributed by atoms with Gasteiger partial charge in [0.1, 0.15) is 0 Å². The van der Waals surface area contributed by atoms with Gasteiger partial charge in [0.25, 0.3) is 10.0 Å². The lowest BCUT2D eigenvalue weighted by Gasteiger charge is -2.19. The van der Waals surface area contributed by atoms with Gasteiger partial charge in [0.2, 0.25) is 5.03 Å². The number of hydrogen-bond acceptors (Lipinski definition) is 4. The molecule has 5 nitrogen and oxygen atoms in total. The van der Waals surface area contributed by atoms with Crippen LogP contribution in [-0.4, -0.2) is 29.2 Å². The maximum Gasteiger partial charge on any atom is 0.263 e. The first-order valence-corrected chi connectivity index (χ1v) is 7.50. The van der Waals surface area contributed by atoms with E-state index in [1.54, 1.807) is 31.3 Å². The Morgan fingerprint density at radius 1 is 1.15 bits per heavy atom. The molecule has 2 heterocycles. The van der Waals surface area contributed by atoms with Crippen molar-refractivity contribution in [2.24, 2.45) is 0 Å². The van der Waals surface area contributed by atoms with Gasteiger partial charge in [-0.3, -0.25) is 4.98 Å². The van der Waals surface area contributed by atoms with Crippen LogP contribution in [0.1, 0.15) is 12.6 Å². The van der Waals surface area contributed by atoms with Crippen LogP contribution in [0, 0.1) is 5.82 Å². The van der Waals surface area contributed by atoms with Crippen LogP contribution in [0.3, 0.4) is 0 Å². The van der Waals surface area contributed by atoms with Gasteiger partial charge in [-0.05, 0) is 24.3 Å². The standard InChI is InChI=1S/C13H14FN3O2S/c1-2-17(10-11-6-3-4-8-15-11)20(18,19)13-12(14)7-5-9-16-13/h3-9H,2,10H2,1H3. The summed E-state index contributed by atoms with van der Waals surface area (Å²) in [5.41, 5.74) is 0.592. The van der Waals surface area contributed by atoms with Crippen LogP contribution < -0.4 is 0 Å². The quantitative estimate of drug-likeness (QED) is 0.844. The molecule has 0 unspecified atom stereocenters. The van der Waals surface area contributed by atoms with Gasteiger partial charge in [0.15, 0.2) is 5.82 Å². The zero-order chi connectivity index (χ0) is 14.6. The fourth-order valence-corrected chi connectivity index (χ4v) is 3.12. The second-order valence-electron chi connectivity index (χ2n) is 4.04. The first-order valence-electron chi connectivity index (χ1n) is 6.06. The van der Waals surface area contributed by atoms with Crippen molar-refractivity contribution in [3.63, 3.8) is 0 Å². The molecule has 0 bridgehead atoms. The largest absolute Gasteiger partial charge is 0.263 e. The number of sulfonamides is 1. The van der Waals surface area contributed by atoms with Crippen molar-refractivity contribution in [2.45, 2.75) is 18.5 Å². The predicted molar refractivity (Wildman–Crippen MR) is 71.7 cm³/mol. The van der Waals surface area contributed by atoms with Crippen molar-refractivity contribution in [1.29, 1.82) is 0 Å². The Kier molecular flexibility index (Phi) is 4.41. The van der Waals surface area contributed by atoms with Crippen LogP contribution in [0.5, 0.6) is 0 Å². The van der Waals surface area contributed by atoms with Crippen molar-refractivity contribution in [3.8, 4) is 0 Å². The molecule has 0 radical (unpaired) electrons. The summed E-state index contributed by atoms with van der Waals surface area (Å²) in [4.78, 5) is 7.71. The highest BCUT2D eigenvalue weighted by Gasteiger charge is 2.27. The number of nitrogens with zero attached hydrogens (tertiary/aromatic N) is 3. The molecule has 106 valence electrons. The summed E-state index contributed by atoms with van der Waals surface area (Å²) < 4.78 is 39.5. The van der Waals surface area contributed by atoms with E-state index in [1.807, 2.05) is 0 Å². The minimum absolute atomic E-state index is 0.0791. The van der Waals surface area contributed by atoms with Crippen molar-refractivity contribution in [1.82, 2.24) is 14.3 Å². The molecule has 0 N–H and O–H groups in total. The SMILES string of the molecule is CCN(Cc1ccccn1)S(=O)(=O)c1ncccc1F. The van der Waals surface area contributed by atoms with E-state index in [4.69, 9.17) is 0 Å². The van der Waals surface area contributed by atoms with Crippen LogP contribution in [0.15, 0.2) is 47.8 Å². The molecule has 20 heavy (non-hydrogen) atoms. The van der Waals surface area contributed by atoms with Gasteiger partial charge < -0.3 is 0 Å². The molecule has 0 saturated heterocycles. The van der Waals surface area contributed by atoms with E-state index in [2.05, 4.69) is 9.97 Å². The summed E-state index contributed by atoms with van der Waals surface area (Å²) >= 11 is 0. The second kappa shape index (κ2) is 6.06. The molecule has 0 saturated carbocycles. The molecule has 0 fully saturated rings. The lowest BCUT2D eigenvalue weighted by Crippen LogP contribution is -2.32. The van der Waals surface area contributed by atoms with E-state index in [0.717, 1.165) is 10.4 Å². The lowest BCUT2D eigenvalue weighted by molar-refractivity contribution is 0.411. The molecule has 0 aliphatic carbocycles. The smallest absolute Gasteiger partial charge is 0.260 e. The molecule has 0 aliphatic rings. The van der Waals surface area contributed by atoms with Crippen molar-refractivity contribution in [3.05, 3.63) is 54.2 Å². The minimum Gasteiger partial charge on any atom is -0.260 e. The molecule has 2 aromatic heterocycles. The highest BCUT2D eigenvalue weighted by atomic mass is 32.2. The topological polar surface area (TPSA) is 63.2 Å². The maximum absolute atomic E-state index is 13.6. The fourth-order valence-electron chi connectivity index (χ4n) is 1.72. The van der Waals surface area contributed by atoms with Crippen LogP contribution in [0.2, 0.25) is 0 Å². The Labute approximate surface area is 117 Å². The fraction of sp³-hybridized carbons (Fsp3) is 0.231. The zero-order valence-corrected chi connectivity index (χ0v) is 11.7. The third-order valence-corrected chi connectivity index (χ3v) is 4.58. The first-order chi connectivity index (χ1) is 9.55. The number of rotatable bonds is 5. The lowest BCUT2D eigenvalue weighted by atomic mass is 10.3. The molecule has 0 amide bonds. The number of halogens is 1. The maximum atomic E-state index is 13.6. The monoisotopic (exact) mass is 295 g/mol. The normalized spacial score (nSPS) is 11.8. The van der Waals surface area contributed by atoms with Gasteiger partial charge in [0.05, 0.1) is 12.2 Å². The Balaban J connectivity index is 2.34. The van der Waals surface area contributed by atoms with Crippen molar-refractivity contribution < 1.29 is 12.8 Å². The third kappa shape index (κ3) is 3.00. The molecule has 2 rings (SSSR count). The van der Waals surface area contributed by atoms with E-state index in [0.29, 0.717) is 5.69 Å². The Bertz CT molecular complexity index is 677. The average Bonchev–Trinajstić information content (AvgIpc) is 2.46. The van der Waals surface area contributed by atoms with Gasteiger partial charge in [0, 0.05) is 18.9 Å². The molecule has 0 spiro atoms. The average molecular weight is 295 g/mol. The van der Waals surface area contributed by atoms with Crippen LogP contribution in [-0.2, 0) is 16.6 Å². The molecular weight excluding hydrogens is 281 g/mol. The van der Waals surface area contributed by atoms with Gasteiger partial charge in [-0.2, -0.15) is 4.31 Å². The van der Waals surface area contributed by atoms with Gasteiger partial charge in [-0.1, -0.05) is 13.0 Å². The summed E-state index contributed by atoms with van der Waals surface area (Å²) in [7, 11) is -3.97. The van der Waals surface area contributed by atoms with E-state index in [9.17, 15) is 12.8 Å². The summed E-state index contributed by atoms with van der Waals surface area (Å²) in [5.74, 6) is -0.855. The molecule has 2 aromatic rings. The third-order valence-electron chi connectivity index (χ3n) is 2.73. The van der Waals surface area contributed by atoms with E-state index >= 15 is 0 Å². The van der Waals surface area contributed by atoms with E-state index in [1.165, 1.54) is 12.3 Å². The zero-order valence-electron chi connectivity index (χ0n) is 10.9. The van der Waals surface area contributed by atoms with Crippen molar-refractivity contribution in [2.75, 3.05) is 6.54 Å². The number of aromatic nitrogens is 2. The Morgan fingerprint density at radius 3 is 2.50 bits per heavy atom. The predicted octanol–water partition coefficient (Wildman–Crippen LogP) is 1.83. The molecule has 7 heteroatoms.